The summed E-state index contributed by atoms with van der Waals surface area (Å²) in [5.74, 6) is -1.83. The molecule has 0 radical (unpaired) electrons. The van der Waals surface area contributed by atoms with E-state index in [0.717, 1.165) is 0 Å². The quantitative estimate of drug-likeness (QED) is 0.733. The summed E-state index contributed by atoms with van der Waals surface area (Å²) >= 11 is 0. The Hall–Kier alpha value is -2.11. The second-order valence-electron chi connectivity index (χ2n) is 5.03. The van der Waals surface area contributed by atoms with Gasteiger partial charge in [0, 0.05) is 18.5 Å². The van der Waals surface area contributed by atoms with Gasteiger partial charge in [0.25, 0.3) is 5.91 Å². The van der Waals surface area contributed by atoms with E-state index in [4.69, 9.17) is 5.11 Å². The van der Waals surface area contributed by atoms with E-state index in [1.807, 2.05) is 0 Å². The number of aliphatic carboxylic acids is 1. The highest BCUT2D eigenvalue weighted by Gasteiger charge is 2.33. The minimum absolute atomic E-state index is 0.104. The second-order valence-corrected chi connectivity index (χ2v) is 5.03. The monoisotopic (exact) mass is 252 g/mol. The second kappa shape index (κ2) is 5.03. The topological polar surface area (TPSA) is 99.3 Å². The molecule has 1 rings (SSSR count). The summed E-state index contributed by atoms with van der Waals surface area (Å²) in [4.78, 5) is 37.0. The maximum Gasteiger partial charge on any atom is 0.326 e. The number of carboxylic acids is 1. The van der Waals surface area contributed by atoms with Crippen LogP contribution in [0.2, 0.25) is 0 Å². The number of carbonyl (C=O) groups is 2. The average molecular weight is 252 g/mol. The van der Waals surface area contributed by atoms with Crippen LogP contribution in [0.4, 0.5) is 0 Å². The first-order valence-electron chi connectivity index (χ1n) is 5.44. The molecule has 0 saturated heterocycles. The van der Waals surface area contributed by atoms with Gasteiger partial charge in [-0.2, -0.15) is 0 Å². The molecule has 0 fully saturated rings. The van der Waals surface area contributed by atoms with Crippen molar-refractivity contribution in [3.8, 4) is 0 Å². The Labute approximate surface area is 104 Å². The van der Waals surface area contributed by atoms with Crippen LogP contribution in [0.1, 0.15) is 31.1 Å². The van der Waals surface area contributed by atoms with E-state index < -0.39 is 28.8 Å². The van der Waals surface area contributed by atoms with Crippen LogP contribution in [0.5, 0.6) is 0 Å². The van der Waals surface area contributed by atoms with Crippen LogP contribution in [0, 0.1) is 5.41 Å². The highest BCUT2D eigenvalue weighted by Crippen LogP contribution is 2.19. The maximum absolute atomic E-state index is 11.8. The van der Waals surface area contributed by atoms with Gasteiger partial charge in [0.05, 0.1) is 0 Å². The van der Waals surface area contributed by atoms with E-state index >= 15 is 0 Å². The summed E-state index contributed by atoms with van der Waals surface area (Å²) < 4.78 is 0. The zero-order chi connectivity index (χ0) is 13.9. The lowest BCUT2D eigenvalue weighted by molar-refractivity contribution is -0.142. The average Bonchev–Trinajstić information content (AvgIpc) is 2.24. The van der Waals surface area contributed by atoms with Crippen molar-refractivity contribution in [1.29, 1.82) is 0 Å². The van der Waals surface area contributed by atoms with Crippen LogP contribution in [0.15, 0.2) is 23.3 Å². The van der Waals surface area contributed by atoms with Gasteiger partial charge in [-0.15, -0.1) is 0 Å². The lowest BCUT2D eigenvalue weighted by Gasteiger charge is -2.27. The Balaban J connectivity index is 2.97. The molecule has 0 spiro atoms. The molecule has 0 saturated carbocycles. The number of carboxylic acid groups (broad SMARTS) is 1. The summed E-state index contributed by atoms with van der Waals surface area (Å²) in [7, 11) is 0. The Morgan fingerprint density at radius 3 is 2.44 bits per heavy atom. The summed E-state index contributed by atoms with van der Waals surface area (Å²) in [6.07, 6.45) is 2.65. The van der Waals surface area contributed by atoms with Crippen LogP contribution in [0.25, 0.3) is 0 Å². The number of rotatable bonds is 3. The number of nitrogens with one attached hydrogen (secondary N) is 2. The molecule has 0 aromatic carbocycles. The van der Waals surface area contributed by atoms with E-state index in [9.17, 15) is 14.4 Å². The first-order chi connectivity index (χ1) is 8.23. The van der Waals surface area contributed by atoms with Gasteiger partial charge >= 0.3 is 5.97 Å². The van der Waals surface area contributed by atoms with Crippen LogP contribution < -0.4 is 10.7 Å². The van der Waals surface area contributed by atoms with Gasteiger partial charge in [-0.1, -0.05) is 20.8 Å². The fourth-order valence-electron chi connectivity index (χ4n) is 1.45. The number of H-pyrrole nitrogens is 1. The molecule has 1 aromatic heterocycles. The van der Waals surface area contributed by atoms with Crippen molar-refractivity contribution >= 4 is 11.9 Å². The molecular formula is C12H16N2O4. The zero-order valence-electron chi connectivity index (χ0n) is 10.5. The molecule has 0 bridgehead atoms. The van der Waals surface area contributed by atoms with Gasteiger partial charge in [0.15, 0.2) is 5.43 Å². The standard InChI is InChI=1S/C12H16N2O4/c1-12(2,3)9(11(17)18)14-10(16)7-6-13-5-4-8(7)15/h4-6,9H,1-3H3,(H,13,15)(H,14,16)(H,17,18). The third-order valence-electron chi connectivity index (χ3n) is 2.46. The van der Waals surface area contributed by atoms with E-state index in [2.05, 4.69) is 10.3 Å². The number of aromatic nitrogens is 1. The Bertz CT molecular complexity index is 513. The molecule has 6 heteroatoms. The summed E-state index contributed by atoms with van der Waals surface area (Å²) in [5, 5.41) is 11.4. The molecule has 1 heterocycles. The molecule has 0 aliphatic rings. The number of aromatic amines is 1. The predicted octanol–water partition coefficient (Wildman–Crippen LogP) is 0.604. The zero-order valence-corrected chi connectivity index (χ0v) is 10.5. The number of hydrogen-bond donors (Lipinski definition) is 3. The first kappa shape index (κ1) is 14.0. The van der Waals surface area contributed by atoms with Gasteiger partial charge < -0.3 is 15.4 Å². The number of hydrogen-bond acceptors (Lipinski definition) is 3. The number of pyridine rings is 1. The minimum Gasteiger partial charge on any atom is -0.480 e. The SMILES string of the molecule is CC(C)(C)C(NC(=O)c1c[nH]ccc1=O)C(=O)O. The third-order valence-corrected chi connectivity index (χ3v) is 2.46. The van der Waals surface area contributed by atoms with Crippen molar-refractivity contribution in [3.63, 3.8) is 0 Å². The van der Waals surface area contributed by atoms with Gasteiger partial charge in [-0.25, -0.2) is 4.79 Å². The number of carbonyl (C=O) groups excluding carboxylic acids is 1. The van der Waals surface area contributed by atoms with Crippen LogP contribution >= 0.6 is 0 Å². The van der Waals surface area contributed by atoms with Crippen molar-refractivity contribution in [2.45, 2.75) is 26.8 Å². The minimum atomic E-state index is -1.14. The van der Waals surface area contributed by atoms with Crippen molar-refractivity contribution < 1.29 is 14.7 Å². The van der Waals surface area contributed by atoms with E-state index in [1.165, 1.54) is 18.5 Å². The lowest BCUT2D eigenvalue weighted by atomic mass is 9.86. The van der Waals surface area contributed by atoms with Crippen molar-refractivity contribution in [3.05, 3.63) is 34.2 Å². The van der Waals surface area contributed by atoms with Gasteiger partial charge in [0.1, 0.15) is 11.6 Å². The van der Waals surface area contributed by atoms with E-state index in [1.54, 1.807) is 20.8 Å². The molecule has 1 atom stereocenters. The molecule has 1 unspecified atom stereocenters. The molecule has 3 N–H and O–H groups in total. The first-order valence-corrected chi connectivity index (χ1v) is 5.44. The summed E-state index contributed by atoms with van der Waals surface area (Å²) in [6, 6.07) is 0.145. The molecule has 0 aliphatic heterocycles. The van der Waals surface area contributed by atoms with Gasteiger partial charge in [-0.3, -0.25) is 9.59 Å². The maximum atomic E-state index is 11.8. The van der Waals surface area contributed by atoms with Gasteiger partial charge in [-0.05, 0) is 5.41 Å². The van der Waals surface area contributed by atoms with Crippen LogP contribution in [-0.4, -0.2) is 28.0 Å². The summed E-state index contributed by atoms with van der Waals surface area (Å²) in [6.45, 7) is 5.09. The van der Waals surface area contributed by atoms with Crippen LogP contribution in [-0.2, 0) is 4.79 Å². The largest absolute Gasteiger partial charge is 0.480 e. The number of amides is 1. The normalized spacial score (nSPS) is 12.8. The van der Waals surface area contributed by atoms with Gasteiger partial charge in [0.2, 0.25) is 0 Å². The Morgan fingerprint density at radius 2 is 2.00 bits per heavy atom. The molecule has 1 amide bonds. The Morgan fingerprint density at radius 1 is 1.39 bits per heavy atom. The van der Waals surface area contributed by atoms with E-state index in [-0.39, 0.29) is 5.56 Å². The molecule has 6 nitrogen and oxygen atoms in total. The van der Waals surface area contributed by atoms with Crippen LogP contribution in [0.3, 0.4) is 0 Å². The lowest BCUT2D eigenvalue weighted by Crippen LogP contribution is -2.49. The smallest absolute Gasteiger partial charge is 0.326 e. The molecule has 1 aromatic rings. The molecular weight excluding hydrogens is 236 g/mol. The van der Waals surface area contributed by atoms with Crippen molar-refractivity contribution in [2.24, 2.45) is 5.41 Å². The third kappa shape index (κ3) is 3.19. The molecule has 0 aliphatic carbocycles. The molecule has 18 heavy (non-hydrogen) atoms. The highest BCUT2D eigenvalue weighted by atomic mass is 16.4. The van der Waals surface area contributed by atoms with E-state index in [0.29, 0.717) is 0 Å². The fraction of sp³-hybridized carbons (Fsp3) is 0.417. The fourth-order valence-corrected chi connectivity index (χ4v) is 1.45. The Kier molecular flexibility index (Phi) is 3.90. The van der Waals surface area contributed by atoms with Crippen molar-refractivity contribution in [2.75, 3.05) is 0 Å². The predicted molar refractivity (Wildman–Crippen MR) is 65.4 cm³/mol. The highest BCUT2D eigenvalue weighted by molar-refractivity contribution is 5.96. The summed E-state index contributed by atoms with van der Waals surface area (Å²) in [5.41, 5.74) is -1.21. The molecule has 98 valence electrons. The van der Waals surface area contributed by atoms with Crippen molar-refractivity contribution in [1.82, 2.24) is 10.3 Å².